The van der Waals surface area contributed by atoms with Gasteiger partial charge in [0.1, 0.15) is 0 Å². The molecule has 0 spiro atoms. The van der Waals surface area contributed by atoms with Gasteiger partial charge in [0.15, 0.2) is 0 Å². The molecule has 0 saturated carbocycles. The highest BCUT2D eigenvalue weighted by molar-refractivity contribution is 6.58. The van der Waals surface area contributed by atoms with Gasteiger partial charge in [-0.2, -0.15) is 0 Å². The Hall–Kier alpha value is -2.11. The van der Waals surface area contributed by atoms with Gasteiger partial charge in [-0.1, -0.05) is 30.9 Å². The van der Waals surface area contributed by atoms with Crippen molar-refractivity contribution in [2.24, 2.45) is 0 Å². The lowest BCUT2D eigenvalue weighted by Crippen LogP contribution is -2.30. The van der Waals surface area contributed by atoms with Gasteiger partial charge in [-0.05, 0) is 29.6 Å². The Morgan fingerprint density at radius 3 is 2.55 bits per heavy atom. The van der Waals surface area contributed by atoms with Crippen LogP contribution in [0, 0.1) is 0 Å². The van der Waals surface area contributed by atoms with Crippen LogP contribution in [0.5, 0.6) is 0 Å². The summed E-state index contributed by atoms with van der Waals surface area (Å²) in [4.78, 5) is 11.5. The van der Waals surface area contributed by atoms with E-state index in [2.05, 4.69) is 25.1 Å². The number of allylic oxidation sites excluding steroid dienone is 2. The van der Waals surface area contributed by atoms with Crippen molar-refractivity contribution in [3.63, 3.8) is 0 Å². The molecule has 1 amide bonds. The van der Waals surface area contributed by atoms with Crippen LogP contribution in [0.25, 0.3) is 0 Å². The van der Waals surface area contributed by atoms with E-state index >= 15 is 0 Å². The van der Waals surface area contributed by atoms with Crippen LogP contribution in [-0.4, -0.2) is 23.1 Å². The molecular weight excluding hydrogens is 253 g/mol. The molecule has 20 heavy (non-hydrogen) atoms. The Balaban J connectivity index is 3.26. The lowest BCUT2D eigenvalue weighted by molar-refractivity contribution is -0.111. The van der Waals surface area contributed by atoms with Crippen LogP contribution in [0.15, 0.2) is 56.2 Å². The number of benzene rings is 1. The van der Waals surface area contributed by atoms with Gasteiger partial charge in [-0.25, -0.2) is 0 Å². The van der Waals surface area contributed by atoms with Crippen LogP contribution in [0.2, 0.25) is 0 Å². The SMILES string of the molecule is C=CCC(C=C)c1ccc(B(O)O)cc1NC(=O)C=C. The Labute approximate surface area is 119 Å². The second-order valence-corrected chi connectivity index (χ2v) is 4.28. The fourth-order valence-corrected chi connectivity index (χ4v) is 1.88. The number of hydrogen-bond donors (Lipinski definition) is 3. The summed E-state index contributed by atoms with van der Waals surface area (Å²) in [6, 6.07) is 4.87. The molecule has 0 fully saturated rings. The van der Waals surface area contributed by atoms with E-state index in [1.165, 1.54) is 6.07 Å². The maximum Gasteiger partial charge on any atom is 0.488 e. The number of hydrogen-bond acceptors (Lipinski definition) is 3. The van der Waals surface area contributed by atoms with E-state index in [0.717, 1.165) is 11.6 Å². The third kappa shape index (κ3) is 3.95. The molecule has 0 saturated heterocycles. The molecule has 4 nitrogen and oxygen atoms in total. The van der Waals surface area contributed by atoms with E-state index < -0.39 is 7.12 Å². The first-order chi connectivity index (χ1) is 9.53. The van der Waals surface area contributed by atoms with Gasteiger partial charge in [0.2, 0.25) is 5.91 Å². The van der Waals surface area contributed by atoms with Gasteiger partial charge in [-0.3, -0.25) is 4.79 Å². The van der Waals surface area contributed by atoms with Gasteiger partial charge in [0, 0.05) is 11.6 Å². The van der Waals surface area contributed by atoms with Crippen LogP contribution in [0.3, 0.4) is 0 Å². The quantitative estimate of drug-likeness (QED) is 0.398. The Kier molecular flexibility index (Phi) is 5.96. The molecule has 1 rings (SSSR count). The fraction of sp³-hybridized carbons (Fsp3) is 0.133. The molecular formula is C15H18BNO3. The van der Waals surface area contributed by atoms with E-state index in [1.807, 2.05) is 0 Å². The normalized spacial score (nSPS) is 11.3. The number of carbonyl (C=O) groups is 1. The minimum Gasteiger partial charge on any atom is -0.423 e. The first kappa shape index (κ1) is 16.0. The molecule has 0 aliphatic rings. The molecule has 1 aromatic rings. The highest BCUT2D eigenvalue weighted by atomic mass is 16.4. The average Bonchev–Trinajstić information content (AvgIpc) is 2.44. The third-order valence-electron chi connectivity index (χ3n) is 2.92. The van der Waals surface area contributed by atoms with Crippen LogP contribution >= 0.6 is 0 Å². The third-order valence-corrected chi connectivity index (χ3v) is 2.92. The number of carbonyl (C=O) groups excluding carboxylic acids is 1. The molecule has 3 N–H and O–H groups in total. The van der Waals surface area contributed by atoms with E-state index in [4.69, 9.17) is 0 Å². The van der Waals surface area contributed by atoms with Gasteiger partial charge in [0.05, 0.1) is 0 Å². The first-order valence-electron chi connectivity index (χ1n) is 6.20. The van der Waals surface area contributed by atoms with E-state index in [0.29, 0.717) is 17.6 Å². The van der Waals surface area contributed by atoms with Gasteiger partial charge >= 0.3 is 7.12 Å². The van der Waals surface area contributed by atoms with Crippen molar-refractivity contribution in [1.29, 1.82) is 0 Å². The Morgan fingerprint density at radius 2 is 2.05 bits per heavy atom. The van der Waals surface area contributed by atoms with Crippen molar-refractivity contribution >= 4 is 24.2 Å². The van der Waals surface area contributed by atoms with Gasteiger partial charge in [-0.15, -0.1) is 13.2 Å². The molecule has 0 heterocycles. The maximum absolute atomic E-state index is 11.5. The highest BCUT2D eigenvalue weighted by Gasteiger charge is 2.17. The van der Waals surface area contributed by atoms with Gasteiger partial charge in [0.25, 0.3) is 0 Å². The van der Waals surface area contributed by atoms with Crippen molar-refractivity contribution < 1.29 is 14.8 Å². The monoisotopic (exact) mass is 271 g/mol. The zero-order chi connectivity index (χ0) is 15.1. The van der Waals surface area contributed by atoms with E-state index in [-0.39, 0.29) is 11.8 Å². The lowest BCUT2D eigenvalue weighted by Gasteiger charge is -2.17. The Bertz CT molecular complexity index is 526. The van der Waals surface area contributed by atoms with Crippen molar-refractivity contribution in [3.8, 4) is 0 Å². The summed E-state index contributed by atoms with van der Waals surface area (Å²) in [7, 11) is -1.59. The number of rotatable bonds is 7. The predicted octanol–water partition coefficient (Wildman–Crippen LogP) is 1.34. The minimum atomic E-state index is -1.59. The minimum absolute atomic E-state index is 0.0162. The van der Waals surface area contributed by atoms with Crippen LogP contribution < -0.4 is 10.8 Å². The fourth-order valence-electron chi connectivity index (χ4n) is 1.88. The molecule has 1 atom stereocenters. The summed E-state index contributed by atoms with van der Waals surface area (Å²) < 4.78 is 0. The van der Waals surface area contributed by atoms with Crippen molar-refractivity contribution in [3.05, 3.63) is 61.7 Å². The highest BCUT2D eigenvalue weighted by Crippen LogP contribution is 2.28. The molecule has 0 aliphatic heterocycles. The summed E-state index contributed by atoms with van der Waals surface area (Å²) in [5.74, 6) is -0.380. The van der Waals surface area contributed by atoms with Crippen molar-refractivity contribution in [2.75, 3.05) is 5.32 Å². The smallest absolute Gasteiger partial charge is 0.423 e. The molecule has 0 bridgehead atoms. The predicted molar refractivity (Wildman–Crippen MR) is 82.8 cm³/mol. The van der Waals surface area contributed by atoms with Gasteiger partial charge < -0.3 is 15.4 Å². The maximum atomic E-state index is 11.5. The number of anilines is 1. The zero-order valence-electron chi connectivity index (χ0n) is 11.2. The van der Waals surface area contributed by atoms with E-state index in [9.17, 15) is 14.8 Å². The molecule has 0 aliphatic carbocycles. The van der Waals surface area contributed by atoms with E-state index in [1.54, 1.807) is 24.3 Å². The summed E-state index contributed by atoms with van der Waals surface area (Å²) in [5, 5.41) is 21.1. The second kappa shape index (κ2) is 7.48. The largest absolute Gasteiger partial charge is 0.488 e. The summed E-state index contributed by atoms with van der Waals surface area (Å²) in [6.07, 6.45) is 5.35. The molecule has 1 aromatic carbocycles. The van der Waals surface area contributed by atoms with Crippen molar-refractivity contribution in [2.45, 2.75) is 12.3 Å². The molecule has 5 heteroatoms. The molecule has 1 unspecified atom stereocenters. The lowest BCUT2D eigenvalue weighted by atomic mass is 9.78. The van der Waals surface area contributed by atoms with Crippen LogP contribution in [0.4, 0.5) is 5.69 Å². The second-order valence-electron chi connectivity index (χ2n) is 4.28. The molecule has 104 valence electrons. The summed E-state index contributed by atoms with van der Waals surface area (Å²) in [5.41, 5.74) is 1.64. The number of amides is 1. The summed E-state index contributed by atoms with van der Waals surface area (Å²) in [6.45, 7) is 10.9. The Morgan fingerprint density at radius 1 is 1.35 bits per heavy atom. The average molecular weight is 271 g/mol. The standard InChI is InChI=1S/C15H18BNO3/c1-4-7-11(5-2)13-9-8-12(16(19)20)10-14(13)17-15(18)6-3/h4-6,8-11,19-20H,1-3,7H2,(H,17,18). The molecule has 0 aromatic heterocycles. The topological polar surface area (TPSA) is 69.6 Å². The number of nitrogens with one attached hydrogen (secondary N) is 1. The molecule has 0 radical (unpaired) electrons. The van der Waals surface area contributed by atoms with Crippen LogP contribution in [0.1, 0.15) is 17.9 Å². The first-order valence-corrected chi connectivity index (χ1v) is 6.20. The van der Waals surface area contributed by atoms with Crippen molar-refractivity contribution in [1.82, 2.24) is 0 Å². The van der Waals surface area contributed by atoms with Crippen LogP contribution in [-0.2, 0) is 4.79 Å². The summed E-state index contributed by atoms with van der Waals surface area (Å²) >= 11 is 0. The zero-order valence-corrected chi connectivity index (χ0v) is 11.2.